The molecule has 1 N–H and O–H groups in total. The van der Waals surface area contributed by atoms with Gasteiger partial charge in [-0.25, -0.2) is 0 Å². The second-order valence-electron chi connectivity index (χ2n) is 6.09. The van der Waals surface area contributed by atoms with Crippen molar-refractivity contribution in [2.24, 2.45) is 0 Å². The Morgan fingerprint density at radius 2 is 2.00 bits per heavy atom. The van der Waals surface area contributed by atoms with Crippen molar-refractivity contribution in [3.8, 4) is 0 Å². The lowest BCUT2D eigenvalue weighted by atomic mass is 10.0. The minimum atomic E-state index is -0.699. The van der Waals surface area contributed by atoms with Crippen molar-refractivity contribution in [1.82, 2.24) is 10.2 Å². The van der Waals surface area contributed by atoms with Crippen LogP contribution in [-0.2, 0) is 10.8 Å². The van der Waals surface area contributed by atoms with Gasteiger partial charge in [0.25, 0.3) is 5.91 Å². The fraction of sp³-hybridized carbons (Fsp3) is 0.600. The highest BCUT2D eigenvalue weighted by Gasteiger charge is 2.30. The van der Waals surface area contributed by atoms with E-state index in [-0.39, 0.29) is 17.2 Å². The molecule has 1 aliphatic rings. The zero-order valence-corrected chi connectivity index (χ0v) is 14.8. The summed E-state index contributed by atoms with van der Waals surface area (Å²) in [7, 11) is -0.699. The molecule has 1 amide bonds. The molecule has 0 unspecified atom stereocenters. The summed E-state index contributed by atoms with van der Waals surface area (Å²) in [5.41, 5.74) is 0.397. The molecule has 1 fully saturated rings. The number of carbonyl (C=O) groups excluding carboxylic acids is 2. The summed E-state index contributed by atoms with van der Waals surface area (Å²) in [5, 5.41) is 4.65. The normalized spacial score (nSPS) is 17.4. The molecular formula is C15H22N2O3S2. The van der Waals surface area contributed by atoms with E-state index in [9.17, 15) is 13.8 Å². The lowest BCUT2D eigenvalue weighted by Gasteiger charge is -2.40. The van der Waals surface area contributed by atoms with Gasteiger partial charge in [0.2, 0.25) is 0 Å². The first kappa shape index (κ1) is 17.3. The Morgan fingerprint density at radius 1 is 1.36 bits per heavy atom. The number of carbonyl (C=O) groups is 2. The molecule has 1 aliphatic heterocycles. The van der Waals surface area contributed by atoms with Crippen LogP contribution in [0.5, 0.6) is 0 Å². The van der Waals surface area contributed by atoms with E-state index in [1.165, 1.54) is 18.3 Å². The van der Waals surface area contributed by atoms with Gasteiger partial charge in [-0.2, -0.15) is 0 Å². The number of Topliss-reactive ketones (excluding diaryl/α,β-unsaturated/α-hetero) is 1. The van der Waals surface area contributed by atoms with Gasteiger partial charge in [0.05, 0.1) is 4.88 Å². The van der Waals surface area contributed by atoms with Crippen LogP contribution in [0.3, 0.4) is 0 Å². The van der Waals surface area contributed by atoms with Gasteiger partial charge >= 0.3 is 0 Å². The van der Waals surface area contributed by atoms with Crippen LogP contribution >= 0.6 is 11.3 Å². The molecule has 2 heterocycles. The third-order valence-electron chi connectivity index (χ3n) is 3.95. The second-order valence-corrected chi connectivity index (χ2v) is 8.69. The molecule has 0 radical (unpaired) electrons. The van der Waals surface area contributed by atoms with Gasteiger partial charge in [0, 0.05) is 58.4 Å². The molecule has 7 heteroatoms. The molecule has 122 valence electrons. The number of thiophene rings is 1. The number of hydrogen-bond donors (Lipinski definition) is 1. The molecule has 1 aromatic rings. The highest BCUT2D eigenvalue weighted by molar-refractivity contribution is 7.85. The summed E-state index contributed by atoms with van der Waals surface area (Å²) in [5.74, 6) is 1.22. The Balaban J connectivity index is 1.91. The largest absolute Gasteiger partial charge is 0.350 e. The van der Waals surface area contributed by atoms with Gasteiger partial charge in [0.1, 0.15) is 0 Å². The average molecular weight is 342 g/mol. The molecule has 0 bridgehead atoms. The molecule has 0 atom stereocenters. The number of rotatable bonds is 5. The quantitative estimate of drug-likeness (QED) is 0.824. The van der Waals surface area contributed by atoms with Crippen LogP contribution in [0.25, 0.3) is 0 Å². The van der Waals surface area contributed by atoms with Crippen LogP contribution in [0, 0.1) is 0 Å². The van der Waals surface area contributed by atoms with Crippen molar-refractivity contribution in [2.45, 2.75) is 26.3 Å². The maximum absolute atomic E-state index is 12.2. The van der Waals surface area contributed by atoms with E-state index >= 15 is 0 Å². The number of ketones is 1. The Morgan fingerprint density at radius 3 is 2.55 bits per heavy atom. The maximum Gasteiger partial charge on any atom is 0.261 e. The van der Waals surface area contributed by atoms with Gasteiger partial charge in [-0.15, -0.1) is 11.3 Å². The van der Waals surface area contributed by atoms with Crippen molar-refractivity contribution in [1.29, 1.82) is 0 Å². The molecular weight excluding hydrogens is 320 g/mol. The monoisotopic (exact) mass is 342 g/mol. The van der Waals surface area contributed by atoms with Crippen LogP contribution in [0.4, 0.5) is 0 Å². The third kappa shape index (κ3) is 4.24. The number of hydrogen-bond acceptors (Lipinski definition) is 5. The Kier molecular flexibility index (Phi) is 5.52. The van der Waals surface area contributed by atoms with Crippen LogP contribution in [0.15, 0.2) is 11.4 Å². The second kappa shape index (κ2) is 7.02. The number of amides is 1. The van der Waals surface area contributed by atoms with E-state index in [1.54, 1.807) is 11.4 Å². The Labute approximate surface area is 137 Å². The predicted molar refractivity (Wildman–Crippen MR) is 90.2 cm³/mol. The molecule has 2 rings (SSSR count). The first-order chi connectivity index (χ1) is 10.3. The summed E-state index contributed by atoms with van der Waals surface area (Å²) in [6.45, 7) is 7.76. The van der Waals surface area contributed by atoms with E-state index < -0.39 is 10.8 Å². The van der Waals surface area contributed by atoms with Crippen molar-refractivity contribution in [2.75, 3.05) is 31.1 Å². The van der Waals surface area contributed by atoms with Gasteiger partial charge in [-0.1, -0.05) is 0 Å². The van der Waals surface area contributed by atoms with Crippen LogP contribution < -0.4 is 5.32 Å². The lowest BCUT2D eigenvalue weighted by Crippen LogP contribution is -2.55. The molecule has 22 heavy (non-hydrogen) atoms. The zero-order chi connectivity index (χ0) is 16.3. The van der Waals surface area contributed by atoms with E-state index in [1.807, 2.05) is 0 Å². The van der Waals surface area contributed by atoms with E-state index in [4.69, 9.17) is 0 Å². The topological polar surface area (TPSA) is 66.5 Å². The minimum Gasteiger partial charge on any atom is -0.350 e. The number of nitrogens with one attached hydrogen (secondary N) is 1. The Bertz CT molecular complexity index is 585. The van der Waals surface area contributed by atoms with Gasteiger partial charge in [-0.05, 0) is 26.8 Å². The fourth-order valence-electron chi connectivity index (χ4n) is 2.38. The van der Waals surface area contributed by atoms with Crippen molar-refractivity contribution in [3.63, 3.8) is 0 Å². The Hall–Kier alpha value is -1.05. The van der Waals surface area contributed by atoms with Crippen LogP contribution in [0.1, 0.15) is 40.8 Å². The molecule has 1 aromatic heterocycles. The minimum absolute atomic E-state index is 0.0306. The highest BCUT2D eigenvalue weighted by atomic mass is 32.2. The van der Waals surface area contributed by atoms with Gasteiger partial charge < -0.3 is 5.32 Å². The summed E-state index contributed by atoms with van der Waals surface area (Å²) >= 11 is 1.29. The van der Waals surface area contributed by atoms with Crippen LogP contribution in [-0.4, -0.2) is 57.5 Å². The van der Waals surface area contributed by atoms with Crippen molar-refractivity contribution >= 4 is 33.8 Å². The van der Waals surface area contributed by atoms with E-state index in [0.29, 0.717) is 28.5 Å². The standard InChI is InChI=1S/C15H22N2O3S2/c1-11(18)12-8-13(21-9-12)14(19)16-10-15(2,3)17-4-6-22(20)7-5-17/h8-9H,4-7,10H2,1-3H3,(H,16,19). The molecule has 0 aromatic carbocycles. The molecule has 0 aliphatic carbocycles. The first-order valence-corrected chi connectivity index (χ1v) is 9.64. The van der Waals surface area contributed by atoms with Crippen LogP contribution in [0.2, 0.25) is 0 Å². The van der Waals surface area contributed by atoms with Crippen molar-refractivity contribution < 1.29 is 13.8 Å². The summed E-state index contributed by atoms with van der Waals surface area (Å²) in [6.07, 6.45) is 0. The summed E-state index contributed by atoms with van der Waals surface area (Å²) in [6, 6.07) is 1.64. The molecule has 1 saturated heterocycles. The summed E-state index contributed by atoms with van der Waals surface area (Å²) in [4.78, 5) is 26.3. The molecule has 0 spiro atoms. The first-order valence-electron chi connectivity index (χ1n) is 7.27. The molecule has 0 saturated carbocycles. The van der Waals surface area contributed by atoms with Gasteiger partial charge in [-0.3, -0.25) is 18.7 Å². The SMILES string of the molecule is CC(=O)c1csc(C(=O)NCC(C)(C)N2CCS(=O)CC2)c1. The smallest absolute Gasteiger partial charge is 0.261 e. The van der Waals surface area contributed by atoms with E-state index in [0.717, 1.165) is 13.1 Å². The maximum atomic E-state index is 12.2. The predicted octanol–water partition coefficient (Wildman–Crippen LogP) is 1.52. The number of nitrogens with zero attached hydrogens (tertiary/aromatic N) is 1. The van der Waals surface area contributed by atoms with Crippen molar-refractivity contribution in [3.05, 3.63) is 21.9 Å². The highest BCUT2D eigenvalue weighted by Crippen LogP contribution is 2.18. The molecule has 5 nitrogen and oxygen atoms in total. The third-order valence-corrected chi connectivity index (χ3v) is 6.15. The average Bonchev–Trinajstić information content (AvgIpc) is 2.95. The van der Waals surface area contributed by atoms with Gasteiger partial charge in [0.15, 0.2) is 5.78 Å². The lowest BCUT2D eigenvalue weighted by molar-refractivity contribution is 0.0887. The van der Waals surface area contributed by atoms with E-state index in [2.05, 4.69) is 24.1 Å². The fourth-order valence-corrected chi connectivity index (χ4v) is 4.29. The zero-order valence-electron chi connectivity index (χ0n) is 13.2. The summed E-state index contributed by atoms with van der Waals surface area (Å²) < 4.78 is 11.4.